The van der Waals surface area contributed by atoms with Gasteiger partial charge in [0.25, 0.3) is 0 Å². The van der Waals surface area contributed by atoms with E-state index in [1.807, 2.05) is 24.5 Å². The molecule has 2 atom stereocenters. The molecule has 1 aliphatic carbocycles. The molecular weight excluding hydrogens is 353 g/mol. The van der Waals surface area contributed by atoms with Gasteiger partial charge >= 0.3 is 0 Å². The molecule has 1 N–H and O–H groups in total. The van der Waals surface area contributed by atoms with Gasteiger partial charge < -0.3 is 10.2 Å². The minimum atomic E-state index is -0.150. The van der Waals surface area contributed by atoms with Gasteiger partial charge in [0.15, 0.2) is 5.65 Å². The molecule has 2 bridgehead atoms. The number of nitrogens with one attached hydrogen (secondary N) is 1. The molecule has 5 nitrogen and oxygen atoms in total. The highest BCUT2D eigenvalue weighted by molar-refractivity contribution is 5.74. The van der Waals surface area contributed by atoms with E-state index in [1.165, 1.54) is 5.56 Å². The van der Waals surface area contributed by atoms with Gasteiger partial charge in [0.2, 0.25) is 0 Å². The van der Waals surface area contributed by atoms with Crippen LogP contribution in [0.25, 0.3) is 11.3 Å². The molecule has 2 aromatic heterocycles. The van der Waals surface area contributed by atoms with Crippen molar-refractivity contribution in [1.29, 1.82) is 0 Å². The molecule has 6 rings (SSSR count). The van der Waals surface area contributed by atoms with E-state index in [4.69, 9.17) is 4.98 Å². The lowest BCUT2D eigenvalue weighted by Gasteiger charge is -2.31. The highest BCUT2D eigenvalue weighted by atomic mass is 19.1. The van der Waals surface area contributed by atoms with Crippen molar-refractivity contribution in [3.63, 3.8) is 0 Å². The predicted octanol–water partition coefficient (Wildman–Crippen LogP) is 3.50. The number of hydrogen-bond donors (Lipinski definition) is 1. The van der Waals surface area contributed by atoms with Gasteiger partial charge in [0, 0.05) is 25.0 Å². The Balaban J connectivity index is 1.57. The highest BCUT2D eigenvalue weighted by Gasteiger charge is 2.64. The fourth-order valence-electron chi connectivity index (χ4n) is 5.27. The zero-order valence-electron chi connectivity index (χ0n) is 15.7. The Kier molecular flexibility index (Phi) is 3.20. The van der Waals surface area contributed by atoms with Crippen LogP contribution in [0.15, 0.2) is 43.2 Å². The van der Waals surface area contributed by atoms with Crippen molar-refractivity contribution in [1.82, 2.24) is 19.9 Å². The molecular formula is C22H22FN5. The first kappa shape index (κ1) is 16.1. The van der Waals surface area contributed by atoms with Gasteiger partial charge in [-0.2, -0.15) is 5.10 Å². The third-order valence-corrected chi connectivity index (χ3v) is 6.71. The highest BCUT2D eigenvalue weighted by Crippen LogP contribution is 2.64. The van der Waals surface area contributed by atoms with Crippen molar-refractivity contribution < 1.29 is 4.39 Å². The van der Waals surface area contributed by atoms with E-state index in [0.29, 0.717) is 5.92 Å². The topological polar surface area (TPSA) is 45.5 Å². The Labute approximate surface area is 162 Å². The van der Waals surface area contributed by atoms with Crippen LogP contribution in [0.1, 0.15) is 36.0 Å². The molecule has 28 heavy (non-hydrogen) atoms. The van der Waals surface area contributed by atoms with Gasteiger partial charge in [-0.25, -0.2) is 13.9 Å². The van der Waals surface area contributed by atoms with Crippen molar-refractivity contribution in [2.75, 3.05) is 18.0 Å². The van der Waals surface area contributed by atoms with Gasteiger partial charge in [0.05, 0.1) is 17.3 Å². The number of anilines is 1. The van der Waals surface area contributed by atoms with Crippen LogP contribution >= 0.6 is 0 Å². The third-order valence-electron chi connectivity index (χ3n) is 6.71. The van der Waals surface area contributed by atoms with E-state index in [2.05, 4.69) is 21.9 Å². The SMILES string of the molecule is C=C1NCCCc2ccc(F)cc2[C@@]23C[C@@H]2CCN3c2ccn3ncc1c3n2. The van der Waals surface area contributed by atoms with Crippen molar-refractivity contribution in [3.8, 4) is 0 Å². The van der Waals surface area contributed by atoms with E-state index in [1.54, 1.807) is 16.6 Å². The zero-order chi connectivity index (χ0) is 18.9. The molecule has 0 amide bonds. The minimum Gasteiger partial charge on any atom is -0.385 e. The summed E-state index contributed by atoms with van der Waals surface area (Å²) < 4.78 is 16.1. The molecule has 0 unspecified atom stereocenters. The normalized spacial score (nSPS) is 26.0. The largest absolute Gasteiger partial charge is 0.385 e. The molecule has 3 aliphatic rings. The lowest BCUT2D eigenvalue weighted by Crippen LogP contribution is -2.34. The maximum Gasteiger partial charge on any atom is 0.166 e. The number of piperidine rings is 1. The first-order valence-electron chi connectivity index (χ1n) is 10.0. The van der Waals surface area contributed by atoms with E-state index in [9.17, 15) is 4.39 Å². The summed E-state index contributed by atoms with van der Waals surface area (Å²) in [5, 5.41) is 7.84. The Bertz CT molecular complexity index is 1120. The van der Waals surface area contributed by atoms with E-state index in [0.717, 1.165) is 67.1 Å². The molecule has 1 saturated carbocycles. The molecule has 142 valence electrons. The second-order valence-corrected chi connectivity index (χ2v) is 8.19. The molecule has 6 heteroatoms. The quantitative estimate of drug-likeness (QED) is 0.653. The smallest absolute Gasteiger partial charge is 0.166 e. The van der Waals surface area contributed by atoms with Crippen LogP contribution in [0.4, 0.5) is 10.2 Å². The standard InChI is InChI=1S/C22H22FN5/c1-14-18-13-25-28-10-7-20(26-21(18)28)27-9-6-16-12-22(16,27)19-11-17(23)5-4-15(19)3-2-8-24-14/h4-5,7,10-11,13,16,24H,1-3,6,8-9,12H2/t16-,22+/m0/s1. The molecule has 1 saturated heterocycles. The van der Waals surface area contributed by atoms with Crippen molar-refractivity contribution in [2.45, 2.75) is 31.2 Å². The molecule has 3 aromatic rings. The summed E-state index contributed by atoms with van der Waals surface area (Å²) in [6.07, 6.45) is 7.88. The fraction of sp³-hybridized carbons (Fsp3) is 0.364. The molecule has 2 aliphatic heterocycles. The van der Waals surface area contributed by atoms with Gasteiger partial charge in [-0.3, -0.25) is 0 Å². The van der Waals surface area contributed by atoms with Gasteiger partial charge in [-0.15, -0.1) is 0 Å². The third kappa shape index (κ3) is 2.11. The monoisotopic (exact) mass is 375 g/mol. The fourth-order valence-corrected chi connectivity index (χ4v) is 5.27. The van der Waals surface area contributed by atoms with Crippen LogP contribution in [0.2, 0.25) is 0 Å². The number of nitrogens with zero attached hydrogens (tertiary/aromatic N) is 4. The van der Waals surface area contributed by atoms with Crippen molar-refractivity contribution in [2.24, 2.45) is 5.92 Å². The molecule has 2 fully saturated rings. The van der Waals surface area contributed by atoms with Crippen molar-refractivity contribution in [3.05, 3.63) is 65.7 Å². The Morgan fingerprint density at radius 2 is 2.21 bits per heavy atom. The average molecular weight is 375 g/mol. The number of benzene rings is 1. The maximum atomic E-state index is 14.3. The van der Waals surface area contributed by atoms with Crippen LogP contribution in [0, 0.1) is 11.7 Å². The van der Waals surface area contributed by atoms with E-state index < -0.39 is 0 Å². The molecule has 1 spiro atoms. The first-order valence-corrected chi connectivity index (χ1v) is 10.0. The lowest BCUT2D eigenvalue weighted by molar-refractivity contribution is 0.601. The van der Waals surface area contributed by atoms with E-state index in [-0.39, 0.29) is 11.4 Å². The summed E-state index contributed by atoms with van der Waals surface area (Å²) in [5.41, 5.74) is 4.90. The summed E-state index contributed by atoms with van der Waals surface area (Å²) in [6.45, 7) is 5.96. The summed E-state index contributed by atoms with van der Waals surface area (Å²) in [5.74, 6) is 1.37. The summed E-state index contributed by atoms with van der Waals surface area (Å²) >= 11 is 0. The van der Waals surface area contributed by atoms with Crippen LogP contribution < -0.4 is 10.2 Å². The van der Waals surface area contributed by atoms with Crippen LogP contribution in [0.3, 0.4) is 0 Å². The van der Waals surface area contributed by atoms with Gasteiger partial charge in [-0.1, -0.05) is 12.6 Å². The van der Waals surface area contributed by atoms with E-state index >= 15 is 0 Å². The Morgan fingerprint density at radius 3 is 3.11 bits per heavy atom. The molecule has 1 aromatic carbocycles. The number of aromatic nitrogens is 3. The number of fused-ring (bicyclic) bond motifs is 3. The second-order valence-electron chi connectivity index (χ2n) is 8.19. The predicted molar refractivity (Wildman–Crippen MR) is 106 cm³/mol. The molecule has 0 radical (unpaired) electrons. The number of rotatable bonds is 0. The Morgan fingerprint density at radius 1 is 1.29 bits per heavy atom. The Hall–Kier alpha value is -2.89. The minimum absolute atomic E-state index is 0.110. The zero-order valence-corrected chi connectivity index (χ0v) is 15.7. The van der Waals surface area contributed by atoms with Crippen molar-refractivity contribution >= 4 is 17.2 Å². The number of hydrogen-bond acceptors (Lipinski definition) is 4. The second kappa shape index (κ2) is 5.56. The summed E-state index contributed by atoms with van der Waals surface area (Å²) in [7, 11) is 0. The van der Waals surface area contributed by atoms with Gasteiger partial charge in [0.1, 0.15) is 11.6 Å². The average Bonchev–Trinajstić information content (AvgIpc) is 3.08. The first-order chi connectivity index (χ1) is 13.7. The van der Waals surface area contributed by atoms with Crippen LogP contribution in [-0.4, -0.2) is 27.7 Å². The summed E-state index contributed by atoms with van der Waals surface area (Å²) in [4.78, 5) is 7.38. The molecule has 4 heterocycles. The summed E-state index contributed by atoms with van der Waals surface area (Å²) in [6, 6.07) is 7.37. The van der Waals surface area contributed by atoms with Crippen LogP contribution in [0.5, 0.6) is 0 Å². The number of aryl methyl sites for hydroxylation is 1. The maximum absolute atomic E-state index is 14.3. The van der Waals surface area contributed by atoms with Crippen LogP contribution in [-0.2, 0) is 12.0 Å². The lowest BCUT2D eigenvalue weighted by atomic mass is 9.93. The number of halogens is 1. The van der Waals surface area contributed by atoms with Gasteiger partial charge in [-0.05, 0) is 60.9 Å².